The first-order chi connectivity index (χ1) is 9.15. The Balaban J connectivity index is 1.82. The number of rotatable bonds is 5. The van der Waals surface area contributed by atoms with Crippen molar-refractivity contribution in [2.45, 2.75) is 26.3 Å². The third-order valence-electron chi connectivity index (χ3n) is 2.96. The number of aromatic nitrogens is 1. The van der Waals surface area contributed by atoms with Crippen molar-refractivity contribution in [3.05, 3.63) is 53.3 Å². The lowest BCUT2D eigenvalue weighted by molar-refractivity contribution is -0.116. The highest BCUT2D eigenvalue weighted by atomic mass is 35.5. The molecule has 0 atom stereocenters. The van der Waals surface area contributed by atoms with Crippen molar-refractivity contribution in [2.75, 3.05) is 5.32 Å². The molecule has 0 fully saturated rings. The molecule has 3 nitrogen and oxygen atoms in total. The Morgan fingerprint density at radius 3 is 2.79 bits per heavy atom. The van der Waals surface area contributed by atoms with Gasteiger partial charge in [0.2, 0.25) is 5.91 Å². The van der Waals surface area contributed by atoms with Gasteiger partial charge in [-0.1, -0.05) is 17.7 Å². The van der Waals surface area contributed by atoms with E-state index in [9.17, 15) is 4.79 Å². The number of benzene rings is 1. The molecule has 2 rings (SSSR count). The Bertz CT molecular complexity index is 549. The van der Waals surface area contributed by atoms with Gasteiger partial charge in [0, 0.05) is 36.1 Å². The maximum absolute atomic E-state index is 11.8. The van der Waals surface area contributed by atoms with Crippen LogP contribution in [0.5, 0.6) is 0 Å². The van der Waals surface area contributed by atoms with Crippen LogP contribution in [-0.4, -0.2) is 10.5 Å². The average molecular weight is 277 g/mol. The summed E-state index contributed by atoms with van der Waals surface area (Å²) in [4.78, 5) is 11.8. The first-order valence-corrected chi connectivity index (χ1v) is 6.70. The normalized spacial score (nSPS) is 10.4. The zero-order valence-electron chi connectivity index (χ0n) is 10.9. The molecular formula is C15H17ClN2O. The molecule has 0 aliphatic rings. The van der Waals surface area contributed by atoms with E-state index in [4.69, 9.17) is 11.6 Å². The van der Waals surface area contributed by atoms with Gasteiger partial charge in [-0.05, 0) is 43.2 Å². The molecule has 0 unspecified atom stereocenters. The largest absolute Gasteiger partial charge is 0.354 e. The van der Waals surface area contributed by atoms with Crippen LogP contribution in [0.25, 0.3) is 0 Å². The lowest BCUT2D eigenvalue weighted by Crippen LogP contribution is -2.13. The lowest BCUT2D eigenvalue weighted by atomic mass is 10.2. The van der Waals surface area contributed by atoms with Gasteiger partial charge in [-0.25, -0.2) is 0 Å². The Morgan fingerprint density at radius 2 is 2.05 bits per heavy atom. The van der Waals surface area contributed by atoms with E-state index in [-0.39, 0.29) is 5.91 Å². The summed E-state index contributed by atoms with van der Waals surface area (Å²) in [6.07, 6.45) is 5.32. The molecule has 0 spiro atoms. The number of halogens is 1. The van der Waals surface area contributed by atoms with Crippen LogP contribution in [0.15, 0.2) is 42.7 Å². The predicted molar refractivity (Wildman–Crippen MR) is 78.5 cm³/mol. The lowest BCUT2D eigenvalue weighted by Gasteiger charge is -2.09. The smallest absolute Gasteiger partial charge is 0.224 e. The van der Waals surface area contributed by atoms with E-state index in [0.29, 0.717) is 11.4 Å². The summed E-state index contributed by atoms with van der Waals surface area (Å²) in [5.74, 6) is 0.0255. The van der Waals surface area contributed by atoms with E-state index >= 15 is 0 Å². The fraction of sp³-hybridized carbons (Fsp3) is 0.267. The molecule has 1 aromatic heterocycles. The average Bonchev–Trinajstić information content (AvgIpc) is 2.87. The SMILES string of the molecule is Cc1ccc(Cl)cc1NC(=O)CCCn1cccc1. The molecule has 0 bridgehead atoms. The van der Waals surface area contributed by atoms with E-state index < -0.39 is 0 Å². The molecule has 1 heterocycles. The van der Waals surface area contributed by atoms with Gasteiger partial charge in [0.25, 0.3) is 0 Å². The highest BCUT2D eigenvalue weighted by molar-refractivity contribution is 6.31. The van der Waals surface area contributed by atoms with Gasteiger partial charge >= 0.3 is 0 Å². The quantitative estimate of drug-likeness (QED) is 0.884. The topological polar surface area (TPSA) is 34.0 Å². The maximum Gasteiger partial charge on any atom is 0.224 e. The Kier molecular flexibility index (Phi) is 4.63. The van der Waals surface area contributed by atoms with Gasteiger partial charge < -0.3 is 9.88 Å². The van der Waals surface area contributed by atoms with Crippen LogP contribution < -0.4 is 5.32 Å². The molecule has 0 radical (unpaired) electrons. The van der Waals surface area contributed by atoms with Crippen molar-refractivity contribution in [1.82, 2.24) is 4.57 Å². The summed E-state index contributed by atoms with van der Waals surface area (Å²) in [6, 6.07) is 9.46. The van der Waals surface area contributed by atoms with E-state index in [1.165, 1.54) is 0 Å². The third-order valence-corrected chi connectivity index (χ3v) is 3.20. The number of hydrogen-bond donors (Lipinski definition) is 1. The second-order valence-corrected chi connectivity index (χ2v) is 4.97. The molecule has 1 aromatic carbocycles. The van der Waals surface area contributed by atoms with Crippen molar-refractivity contribution in [2.24, 2.45) is 0 Å². The van der Waals surface area contributed by atoms with E-state index in [0.717, 1.165) is 24.2 Å². The fourth-order valence-corrected chi connectivity index (χ4v) is 2.06. The minimum atomic E-state index is 0.0255. The third kappa shape index (κ3) is 4.14. The summed E-state index contributed by atoms with van der Waals surface area (Å²) < 4.78 is 2.07. The van der Waals surface area contributed by atoms with Crippen molar-refractivity contribution in [3.8, 4) is 0 Å². The standard InChI is InChI=1S/C15H17ClN2O/c1-12-6-7-13(16)11-14(12)17-15(19)5-4-10-18-8-2-3-9-18/h2-3,6-9,11H,4-5,10H2,1H3,(H,17,19). The van der Waals surface area contributed by atoms with Crippen LogP contribution in [0, 0.1) is 6.92 Å². The molecular weight excluding hydrogens is 260 g/mol. The molecule has 1 amide bonds. The van der Waals surface area contributed by atoms with Gasteiger partial charge in [-0.2, -0.15) is 0 Å². The molecule has 0 saturated carbocycles. The van der Waals surface area contributed by atoms with Crippen LogP contribution in [0.2, 0.25) is 5.02 Å². The van der Waals surface area contributed by atoms with Gasteiger partial charge in [-0.15, -0.1) is 0 Å². The molecule has 0 aliphatic carbocycles. The van der Waals surface area contributed by atoms with Crippen LogP contribution in [0.1, 0.15) is 18.4 Å². The summed E-state index contributed by atoms with van der Waals surface area (Å²) in [6.45, 7) is 2.81. The molecule has 0 saturated heterocycles. The number of carbonyl (C=O) groups excluding carboxylic acids is 1. The molecule has 4 heteroatoms. The number of anilines is 1. The van der Waals surface area contributed by atoms with Gasteiger partial charge in [0.05, 0.1) is 0 Å². The first-order valence-electron chi connectivity index (χ1n) is 6.32. The monoisotopic (exact) mass is 276 g/mol. The van der Waals surface area contributed by atoms with Crippen LogP contribution in [0.4, 0.5) is 5.69 Å². The first kappa shape index (κ1) is 13.7. The zero-order chi connectivity index (χ0) is 13.7. The van der Waals surface area contributed by atoms with Crippen LogP contribution in [-0.2, 0) is 11.3 Å². The molecule has 0 aliphatic heterocycles. The molecule has 1 N–H and O–H groups in total. The van der Waals surface area contributed by atoms with E-state index in [1.807, 2.05) is 43.6 Å². The van der Waals surface area contributed by atoms with Crippen molar-refractivity contribution < 1.29 is 4.79 Å². The Morgan fingerprint density at radius 1 is 1.32 bits per heavy atom. The van der Waals surface area contributed by atoms with Crippen molar-refractivity contribution in [1.29, 1.82) is 0 Å². The van der Waals surface area contributed by atoms with Gasteiger partial charge in [0.15, 0.2) is 0 Å². The second-order valence-electron chi connectivity index (χ2n) is 4.53. The maximum atomic E-state index is 11.8. The summed E-state index contributed by atoms with van der Waals surface area (Å²) >= 11 is 5.92. The summed E-state index contributed by atoms with van der Waals surface area (Å²) in [5, 5.41) is 3.53. The molecule has 19 heavy (non-hydrogen) atoms. The second kappa shape index (κ2) is 6.43. The Hall–Kier alpha value is -1.74. The van der Waals surface area contributed by atoms with Crippen molar-refractivity contribution in [3.63, 3.8) is 0 Å². The molecule has 100 valence electrons. The number of nitrogens with one attached hydrogen (secondary N) is 1. The van der Waals surface area contributed by atoms with Gasteiger partial charge in [0.1, 0.15) is 0 Å². The minimum Gasteiger partial charge on any atom is -0.354 e. The number of amides is 1. The summed E-state index contributed by atoms with van der Waals surface area (Å²) in [5.41, 5.74) is 1.81. The minimum absolute atomic E-state index is 0.0255. The Labute approximate surface area is 118 Å². The van der Waals surface area contributed by atoms with Crippen LogP contribution >= 0.6 is 11.6 Å². The number of hydrogen-bond acceptors (Lipinski definition) is 1. The highest BCUT2D eigenvalue weighted by Gasteiger charge is 2.05. The summed E-state index contributed by atoms with van der Waals surface area (Å²) in [7, 11) is 0. The fourth-order valence-electron chi connectivity index (χ4n) is 1.88. The number of aryl methyl sites for hydroxylation is 2. The zero-order valence-corrected chi connectivity index (χ0v) is 11.7. The molecule has 2 aromatic rings. The highest BCUT2D eigenvalue weighted by Crippen LogP contribution is 2.20. The number of carbonyl (C=O) groups is 1. The van der Waals surface area contributed by atoms with Crippen molar-refractivity contribution >= 4 is 23.2 Å². The van der Waals surface area contributed by atoms with E-state index in [1.54, 1.807) is 6.07 Å². The predicted octanol–water partition coefficient (Wildman–Crippen LogP) is 3.87. The van der Waals surface area contributed by atoms with Gasteiger partial charge in [-0.3, -0.25) is 4.79 Å². The van der Waals surface area contributed by atoms with Crippen LogP contribution in [0.3, 0.4) is 0 Å². The number of nitrogens with zero attached hydrogens (tertiary/aromatic N) is 1. The van der Waals surface area contributed by atoms with E-state index in [2.05, 4.69) is 9.88 Å².